The molecule has 0 aromatic heterocycles. The van der Waals surface area contributed by atoms with Crippen molar-refractivity contribution in [3.8, 4) is 0 Å². The molecule has 1 fully saturated rings. The monoisotopic (exact) mass is 330 g/mol. The van der Waals surface area contributed by atoms with E-state index in [0.717, 1.165) is 12.8 Å². The van der Waals surface area contributed by atoms with Gasteiger partial charge in [0.15, 0.2) is 0 Å². The molecule has 0 heterocycles. The Labute approximate surface area is 135 Å². The zero-order valence-electron chi connectivity index (χ0n) is 12.7. The first-order chi connectivity index (χ1) is 10.9. The van der Waals surface area contributed by atoms with Gasteiger partial charge in [-0.05, 0) is 43.2 Å². The van der Waals surface area contributed by atoms with Crippen LogP contribution in [0.2, 0.25) is 0 Å². The number of hydrogen-bond donors (Lipinski definition) is 2. The van der Waals surface area contributed by atoms with E-state index in [0.29, 0.717) is 11.4 Å². The number of carbonyl (C=O) groups is 1. The minimum absolute atomic E-state index is 0.0273. The Kier molecular flexibility index (Phi) is 3.85. The molecule has 1 saturated carbocycles. The van der Waals surface area contributed by atoms with Gasteiger partial charge in [-0.1, -0.05) is 31.2 Å². The summed E-state index contributed by atoms with van der Waals surface area (Å²) in [5.41, 5.74) is 0.712. The summed E-state index contributed by atoms with van der Waals surface area (Å²) in [6.45, 7) is 1.92. The number of nitrogens with one attached hydrogen (secondary N) is 2. The number of hydrogen-bond acceptors (Lipinski definition) is 3. The predicted molar refractivity (Wildman–Crippen MR) is 89.7 cm³/mol. The summed E-state index contributed by atoms with van der Waals surface area (Å²) >= 11 is 0. The number of sulfonamides is 1. The number of anilines is 2. The van der Waals surface area contributed by atoms with Gasteiger partial charge in [0.05, 0.1) is 10.6 Å². The summed E-state index contributed by atoms with van der Waals surface area (Å²) in [6, 6.07) is 14.9. The van der Waals surface area contributed by atoms with Crippen molar-refractivity contribution in [3.05, 3.63) is 54.6 Å². The van der Waals surface area contributed by atoms with E-state index in [1.165, 1.54) is 12.1 Å². The van der Waals surface area contributed by atoms with Crippen LogP contribution >= 0.6 is 0 Å². The second-order valence-electron chi connectivity index (χ2n) is 6.01. The maximum Gasteiger partial charge on any atom is 0.261 e. The first-order valence-electron chi connectivity index (χ1n) is 7.38. The van der Waals surface area contributed by atoms with Crippen LogP contribution in [-0.4, -0.2) is 14.3 Å². The van der Waals surface area contributed by atoms with Crippen molar-refractivity contribution in [1.29, 1.82) is 0 Å². The minimum atomic E-state index is -3.64. The van der Waals surface area contributed by atoms with Gasteiger partial charge in [-0.25, -0.2) is 8.42 Å². The molecule has 0 spiro atoms. The molecule has 2 aromatic carbocycles. The molecule has 2 aromatic rings. The number of carbonyl (C=O) groups excluding carboxylic acids is 1. The lowest BCUT2D eigenvalue weighted by atomic mass is 10.1. The molecule has 0 radical (unpaired) electrons. The van der Waals surface area contributed by atoms with E-state index < -0.39 is 10.0 Å². The van der Waals surface area contributed by atoms with Gasteiger partial charge in [-0.3, -0.25) is 9.52 Å². The van der Waals surface area contributed by atoms with E-state index in [9.17, 15) is 13.2 Å². The van der Waals surface area contributed by atoms with Crippen LogP contribution in [0.15, 0.2) is 59.5 Å². The Morgan fingerprint density at radius 3 is 2.30 bits per heavy atom. The second kappa shape index (κ2) is 5.70. The van der Waals surface area contributed by atoms with Crippen molar-refractivity contribution >= 4 is 27.3 Å². The molecule has 3 rings (SSSR count). The van der Waals surface area contributed by atoms with Crippen molar-refractivity contribution in [2.24, 2.45) is 5.41 Å². The highest BCUT2D eigenvalue weighted by Gasteiger charge is 2.44. The van der Waals surface area contributed by atoms with Gasteiger partial charge in [0, 0.05) is 11.1 Å². The normalized spacial score (nSPS) is 15.7. The van der Waals surface area contributed by atoms with E-state index in [1.54, 1.807) is 42.5 Å². The second-order valence-corrected chi connectivity index (χ2v) is 7.70. The zero-order valence-corrected chi connectivity index (χ0v) is 13.6. The van der Waals surface area contributed by atoms with Crippen LogP contribution in [0.4, 0.5) is 11.4 Å². The lowest BCUT2D eigenvalue weighted by Gasteiger charge is -2.12. The lowest BCUT2D eigenvalue weighted by molar-refractivity contribution is -0.120. The molecule has 0 aliphatic heterocycles. The maximum absolute atomic E-state index is 12.3. The highest BCUT2D eigenvalue weighted by atomic mass is 32.2. The third-order valence-electron chi connectivity index (χ3n) is 3.97. The Bertz CT molecular complexity index is 828. The van der Waals surface area contributed by atoms with Crippen molar-refractivity contribution in [2.45, 2.75) is 24.7 Å². The summed E-state index contributed by atoms with van der Waals surface area (Å²) in [5.74, 6) is -0.0273. The van der Waals surface area contributed by atoms with E-state index in [4.69, 9.17) is 0 Å². The van der Waals surface area contributed by atoms with Crippen LogP contribution in [0.5, 0.6) is 0 Å². The quantitative estimate of drug-likeness (QED) is 0.884. The predicted octanol–water partition coefficient (Wildman–Crippen LogP) is 3.23. The van der Waals surface area contributed by atoms with Crippen molar-refractivity contribution in [3.63, 3.8) is 0 Å². The molecule has 2 N–H and O–H groups in total. The largest absolute Gasteiger partial charge is 0.326 e. The molecule has 0 unspecified atom stereocenters. The average molecular weight is 330 g/mol. The molecule has 1 aliphatic carbocycles. The summed E-state index contributed by atoms with van der Waals surface area (Å²) in [6.07, 6.45) is 1.78. The van der Waals surface area contributed by atoms with Crippen LogP contribution in [0.3, 0.4) is 0 Å². The highest BCUT2D eigenvalue weighted by Crippen LogP contribution is 2.45. The standard InChI is InChI=1S/C17H18N2O3S/c1-17(10-11-17)16(20)18-13-6-5-7-14(12-13)19-23(21,22)15-8-3-2-4-9-15/h2-9,12,19H,10-11H2,1H3,(H,18,20). The first kappa shape index (κ1) is 15.6. The zero-order chi connectivity index (χ0) is 16.5. The smallest absolute Gasteiger partial charge is 0.261 e. The minimum Gasteiger partial charge on any atom is -0.326 e. The molecule has 0 saturated heterocycles. The molecule has 6 heteroatoms. The van der Waals surface area contributed by atoms with Gasteiger partial charge >= 0.3 is 0 Å². The van der Waals surface area contributed by atoms with Gasteiger partial charge in [0.2, 0.25) is 5.91 Å². The van der Waals surface area contributed by atoms with Crippen LogP contribution in [0, 0.1) is 5.41 Å². The molecule has 0 bridgehead atoms. The molecule has 23 heavy (non-hydrogen) atoms. The van der Waals surface area contributed by atoms with Gasteiger partial charge in [-0.15, -0.1) is 0 Å². The van der Waals surface area contributed by atoms with Gasteiger partial charge in [-0.2, -0.15) is 0 Å². The Balaban J connectivity index is 1.76. The van der Waals surface area contributed by atoms with E-state index in [1.807, 2.05) is 6.92 Å². The summed E-state index contributed by atoms with van der Waals surface area (Å²) in [4.78, 5) is 12.3. The summed E-state index contributed by atoms with van der Waals surface area (Å²) in [5, 5.41) is 2.84. The fraction of sp³-hybridized carbons (Fsp3) is 0.235. The van der Waals surface area contributed by atoms with E-state index in [2.05, 4.69) is 10.0 Å². The van der Waals surface area contributed by atoms with Crippen molar-refractivity contribution in [1.82, 2.24) is 0 Å². The van der Waals surface area contributed by atoms with Crippen molar-refractivity contribution < 1.29 is 13.2 Å². The topological polar surface area (TPSA) is 75.3 Å². The van der Waals surface area contributed by atoms with Crippen LogP contribution in [0.25, 0.3) is 0 Å². The molecular weight excluding hydrogens is 312 g/mol. The van der Waals surface area contributed by atoms with Gasteiger partial charge < -0.3 is 5.32 Å². The lowest BCUT2D eigenvalue weighted by Crippen LogP contribution is -2.21. The van der Waals surface area contributed by atoms with E-state index in [-0.39, 0.29) is 16.2 Å². The van der Waals surface area contributed by atoms with E-state index >= 15 is 0 Å². The Morgan fingerprint density at radius 2 is 1.65 bits per heavy atom. The molecule has 5 nitrogen and oxygen atoms in total. The molecule has 0 atom stereocenters. The highest BCUT2D eigenvalue weighted by molar-refractivity contribution is 7.92. The van der Waals surface area contributed by atoms with Crippen LogP contribution < -0.4 is 10.0 Å². The molecular formula is C17H18N2O3S. The summed E-state index contributed by atoms with van der Waals surface area (Å²) < 4.78 is 27.1. The van der Waals surface area contributed by atoms with Crippen molar-refractivity contribution in [2.75, 3.05) is 10.0 Å². The Hall–Kier alpha value is -2.34. The number of benzene rings is 2. The summed E-state index contributed by atoms with van der Waals surface area (Å²) in [7, 11) is -3.64. The number of amides is 1. The maximum atomic E-state index is 12.3. The Morgan fingerprint density at radius 1 is 1.00 bits per heavy atom. The molecule has 1 amide bonds. The third-order valence-corrected chi connectivity index (χ3v) is 5.37. The van der Waals surface area contributed by atoms with Crippen LogP contribution in [-0.2, 0) is 14.8 Å². The van der Waals surface area contributed by atoms with Gasteiger partial charge in [0.25, 0.3) is 10.0 Å². The fourth-order valence-corrected chi connectivity index (χ4v) is 3.24. The average Bonchev–Trinajstić information content (AvgIpc) is 3.27. The third kappa shape index (κ3) is 3.53. The van der Waals surface area contributed by atoms with Crippen LogP contribution in [0.1, 0.15) is 19.8 Å². The first-order valence-corrected chi connectivity index (χ1v) is 8.87. The van der Waals surface area contributed by atoms with Gasteiger partial charge in [0.1, 0.15) is 0 Å². The number of rotatable bonds is 5. The fourth-order valence-electron chi connectivity index (χ4n) is 2.17. The SMILES string of the molecule is CC1(C(=O)Nc2cccc(NS(=O)(=O)c3ccccc3)c2)CC1. The molecule has 1 aliphatic rings. The molecule has 120 valence electrons.